The van der Waals surface area contributed by atoms with Crippen molar-refractivity contribution in [3.8, 4) is 5.75 Å². The van der Waals surface area contributed by atoms with Gasteiger partial charge in [-0.25, -0.2) is 13.1 Å². The summed E-state index contributed by atoms with van der Waals surface area (Å²) in [7, 11) is -3.54. The number of amides is 1. The Bertz CT molecular complexity index is 850. The SMILES string of the molecule is CC(C)NS(=O)(=O)c1ccc(OCC(=O)N[C@@H](C)CCc2ccccc2)cc1. The lowest BCUT2D eigenvalue weighted by molar-refractivity contribution is -0.123. The number of carbonyl (C=O) groups is 1. The molecule has 0 unspecified atom stereocenters. The van der Waals surface area contributed by atoms with E-state index in [-0.39, 0.29) is 29.5 Å². The highest BCUT2D eigenvalue weighted by Crippen LogP contribution is 2.16. The van der Waals surface area contributed by atoms with Gasteiger partial charge < -0.3 is 10.1 Å². The van der Waals surface area contributed by atoms with Gasteiger partial charge in [-0.15, -0.1) is 0 Å². The van der Waals surface area contributed by atoms with Crippen molar-refractivity contribution in [1.82, 2.24) is 10.0 Å². The normalized spacial score (nSPS) is 12.6. The second-order valence-electron chi connectivity index (χ2n) is 7.03. The molecule has 1 atom stereocenters. The molecule has 2 aromatic rings. The summed E-state index contributed by atoms with van der Waals surface area (Å²) in [5.41, 5.74) is 1.24. The molecule has 0 aliphatic rings. The van der Waals surface area contributed by atoms with Gasteiger partial charge in [0.15, 0.2) is 6.61 Å². The van der Waals surface area contributed by atoms with Crippen LogP contribution in [-0.4, -0.2) is 33.0 Å². The van der Waals surface area contributed by atoms with E-state index >= 15 is 0 Å². The van der Waals surface area contributed by atoms with E-state index in [0.717, 1.165) is 12.8 Å². The fraction of sp³-hybridized carbons (Fsp3) is 0.381. The first kappa shape index (κ1) is 21.9. The molecule has 0 aliphatic carbocycles. The third-order valence-corrected chi connectivity index (χ3v) is 5.69. The topological polar surface area (TPSA) is 84.5 Å². The number of aryl methyl sites for hydroxylation is 1. The van der Waals surface area contributed by atoms with Gasteiger partial charge in [-0.05, 0) is 63.4 Å². The van der Waals surface area contributed by atoms with Gasteiger partial charge in [-0.3, -0.25) is 4.79 Å². The highest BCUT2D eigenvalue weighted by atomic mass is 32.2. The molecule has 0 saturated carbocycles. The van der Waals surface area contributed by atoms with Crippen molar-refractivity contribution in [1.29, 1.82) is 0 Å². The standard InChI is InChI=1S/C21H28N2O4S/c1-16(2)23-28(25,26)20-13-11-19(12-14-20)27-15-21(24)22-17(3)9-10-18-7-5-4-6-8-18/h4-8,11-14,16-17,23H,9-10,15H2,1-3H3,(H,22,24)/t17-/m0/s1. The summed E-state index contributed by atoms with van der Waals surface area (Å²) in [5, 5.41) is 2.91. The Balaban J connectivity index is 1.77. The van der Waals surface area contributed by atoms with Crippen molar-refractivity contribution in [2.24, 2.45) is 0 Å². The number of ether oxygens (including phenoxy) is 1. The van der Waals surface area contributed by atoms with Crippen LogP contribution in [0.15, 0.2) is 59.5 Å². The Hall–Kier alpha value is -2.38. The van der Waals surface area contributed by atoms with E-state index in [4.69, 9.17) is 4.74 Å². The number of rotatable bonds is 10. The summed E-state index contributed by atoms with van der Waals surface area (Å²) >= 11 is 0. The third-order valence-electron chi connectivity index (χ3n) is 4.01. The van der Waals surface area contributed by atoms with Gasteiger partial charge in [-0.1, -0.05) is 30.3 Å². The molecule has 152 valence electrons. The summed E-state index contributed by atoms with van der Waals surface area (Å²) in [6.07, 6.45) is 1.73. The minimum absolute atomic E-state index is 0.0333. The number of carbonyl (C=O) groups excluding carboxylic acids is 1. The van der Waals surface area contributed by atoms with Crippen molar-refractivity contribution in [3.05, 3.63) is 60.2 Å². The van der Waals surface area contributed by atoms with Crippen LogP contribution in [0.1, 0.15) is 32.8 Å². The second kappa shape index (κ2) is 10.2. The first-order chi connectivity index (χ1) is 13.3. The van der Waals surface area contributed by atoms with Gasteiger partial charge in [0.05, 0.1) is 4.90 Å². The van der Waals surface area contributed by atoms with Gasteiger partial charge >= 0.3 is 0 Å². The van der Waals surface area contributed by atoms with E-state index in [2.05, 4.69) is 22.2 Å². The molecule has 2 aromatic carbocycles. The first-order valence-corrected chi connectivity index (χ1v) is 10.8. The Morgan fingerprint density at radius 2 is 1.64 bits per heavy atom. The van der Waals surface area contributed by atoms with Gasteiger partial charge in [0.25, 0.3) is 5.91 Å². The predicted octanol–water partition coefficient (Wildman–Crippen LogP) is 2.89. The lowest BCUT2D eigenvalue weighted by Gasteiger charge is -2.14. The third kappa shape index (κ3) is 7.32. The Kier molecular flexibility index (Phi) is 8.02. The lowest BCUT2D eigenvalue weighted by Crippen LogP contribution is -2.36. The number of sulfonamides is 1. The maximum absolute atomic E-state index is 12.1. The Labute approximate surface area is 167 Å². The Morgan fingerprint density at radius 1 is 1.00 bits per heavy atom. The van der Waals surface area contributed by atoms with E-state index in [9.17, 15) is 13.2 Å². The minimum Gasteiger partial charge on any atom is -0.484 e. The van der Waals surface area contributed by atoms with Gasteiger partial charge in [0.1, 0.15) is 5.75 Å². The van der Waals surface area contributed by atoms with Crippen molar-refractivity contribution in [2.45, 2.75) is 50.6 Å². The van der Waals surface area contributed by atoms with Gasteiger partial charge in [-0.2, -0.15) is 0 Å². The molecule has 6 nitrogen and oxygen atoms in total. The van der Waals surface area contributed by atoms with Crippen LogP contribution in [0, 0.1) is 0 Å². The fourth-order valence-electron chi connectivity index (χ4n) is 2.66. The van der Waals surface area contributed by atoms with E-state index in [1.54, 1.807) is 26.0 Å². The molecule has 2 N–H and O–H groups in total. The number of nitrogens with one attached hydrogen (secondary N) is 2. The zero-order chi connectivity index (χ0) is 20.6. The maximum atomic E-state index is 12.1. The molecular formula is C21H28N2O4S. The molecule has 0 bridgehead atoms. The summed E-state index contributed by atoms with van der Waals surface area (Å²) in [5.74, 6) is 0.231. The van der Waals surface area contributed by atoms with Gasteiger partial charge in [0.2, 0.25) is 10.0 Å². The monoisotopic (exact) mass is 404 g/mol. The minimum atomic E-state index is -3.54. The van der Waals surface area contributed by atoms with Crippen molar-refractivity contribution < 1.29 is 17.9 Å². The van der Waals surface area contributed by atoms with E-state index < -0.39 is 10.0 Å². The van der Waals surface area contributed by atoms with E-state index in [0.29, 0.717) is 5.75 Å². The van der Waals surface area contributed by atoms with Crippen LogP contribution in [0.4, 0.5) is 0 Å². The average molecular weight is 405 g/mol. The van der Waals surface area contributed by atoms with Crippen LogP contribution < -0.4 is 14.8 Å². The summed E-state index contributed by atoms with van der Waals surface area (Å²) in [6.45, 7) is 5.36. The molecule has 2 rings (SSSR count). The van der Waals surface area contributed by atoms with Crippen molar-refractivity contribution in [2.75, 3.05) is 6.61 Å². The smallest absolute Gasteiger partial charge is 0.258 e. The molecule has 0 aromatic heterocycles. The molecule has 0 spiro atoms. The highest BCUT2D eigenvalue weighted by Gasteiger charge is 2.15. The molecule has 7 heteroatoms. The molecule has 0 aliphatic heterocycles. The average Bonchev–Trinajstić information content (AvgIpc) is 2.65. The van der Waals surface area contributed by atoms with E-state index in [1.165, 1.54) is 17.7 Å². The summed E-state index contributed by atoms with van der Waals surface area (Å²) in [4.78, 5) is 12.2. The number of hydrogen-bond acceptors (Lipinski definition) is 4. The zero-order valence-corrected chi connectivity index (χ0v) is 17.3. The molecule has 0 saturated heterocycles. The molecule has 0 radical (unpaired) electrons. The van der Waals surface area contributed by atoms with E-state index in [1.807, 2.05) is 25.1 Å². The van der Waals surface area contributed by atoms with Crippen LogP contribution in [0.3, 0.4) is 0 Å². The van der Waals surface area contributed by atoms with Crippen molar-refractivity contribution in [3.63, 3.8) is 0 Å². The second-order valence-corrected chi connectivity index (χ2v) is 8.74. The van der Waals surface area contributed by atoms with Crippen LogP contribution in [0.5, 0.6) is 5.75 Å². The quantitative estimate of drug-likeness (QED) is 0.638. The summed E-state index contributed by atoms with van der Waals surface area (Å²) in [6, 6.07) is 16.0. The van der Waals surface area contributed by atoms with Crippen LogP contribution in [0.2, 0.25) is 0 Å². The molecule has 1 amide bonds. The van der Waals surface area contributed by atoms with Crippen LogP contribution in [0.25, 0.3) is 0 Å². The molecular weight excluding hydrogens is 376 g/mol. The number of hydrogen-bond donors (Lipinski definition) is 2. The largest absolute Gasteiger partial charge is 0.484 e. The predicted molar refractivity (Wildman–Crippen MR) is 110 cm³/mol. The summed E-state index contributed by atoms with van der Waals surface area (Å²) < 4.78 is 32.1. The molecule has 0 fully saturated rings. The van der Waals surface area contributed by atoms with Crippen LogP contribution >= 0.6 is 0 Å². The first-order valence-electron chi connectivity index (χ1n) is 9.35. The maximum Gasteiger partial charge on any atom is 0.258 e. The number of benzene rings is 2. The van der Waals surface area contributed by atoms with Gasteiger partial charge in [0, 0.05) is 12.1 Å². The highest BCUT2D eigenvalue weighted by molar-refractivity contribution is 7.89. The Morgan fingerprint density at radius 3 is 2.25 bits per heavy atom. The van der Waals surface area contributed by atoms with Crippen molar-refractivity contribution >= 4 is 15.9 Å². The lowest BCUT2D eigenvalue weighted by atomic mass is 10.1. The van der Waals surface area contributed by atoms with Crippen LogP contribution in [-0.2, 0) is 21.2 Å². The fourth-order valence-corrected chi connectivity index (χ4v) is 3.91. The molecule has 0 heterocycles. The zero-order valence-electron chi connectivity index (χ0n) is 16.5. The molecule has 28 heavy (non-hydrogen) atoms.